The molecular weight excluding hydrogens is 383 g/mol. The molecule has 3 rings (SSSR count). The summed E-state index contributed by atoms with van der Waals surface area (Å²) < 4.78 is 34.9. The summed E-state index contributed by atoms with van der Waals surface area (Å²) in [5.74, 6) is 4.77. The zero-order valence-corrected chi connectivity index (χ0v) is 15.5. The lowest BCUT2D eigenvalue weighted by atomic mass is 10.0. The van der Waals surface area contributed by atoms with Crippen LogP contribution in [0.15, 0.2) is 15.8 Å². The maximum atomic E-state index is 12.3. The van der Waals surface area contributed by atoms with Crippen molar-refractivity contribution >= 4 is 7.60 Å². The molecule has 2 bridgehead atoms. The molecule has 3 heterocycles. The summed E-state index contributed by atoms with van der Waals surface area (Å²) in [5, 5.41) is 8.80. The number of hydrogen-bond donors (Lipinski definition) is 3. The third kappa shape index (κ3) is 3.79. The van der Waals surface area contributed by atoms with Gasteiger partial charge in [-0.1, -0.05) is 11.8 Å². The molecule has 0 aromatic carbocycles. The van der Waals surface area contributed by atoms with Crippen LogP contribution in [0.4, 0.5) is 0 Å². The highest BCUT2D eigenvalue weighted by Crippen LogP contribution is 2.52. The number of rotatable bonds is 5. The predicted molar refractivity (Wildman–Crippen MR) is 90.4 cm³/mol. The zero-order valence-electron chi connectivity index (χ0n) is 14.6. The topological polar surface area (TPSA) is 149 Å². The zero-order chi connectivity index (χ0) is 19.8. The average molecular weight is 402 g/mol. The van der Waals surface area contributed by atoms with Gasteiger partial charge in [0.05, 0.1) is 13.2 Å². The van der Waals surface area contributed by atoms with Gasteiger partial charge in [0.2, 0.25) is 0 Å². The Hall–Kier alpha value is -1.77. The first-order valence-electron chi connectivity index (χ1n) is 7.93. The molecule has 2 fully saturated rings. The van der Waals surface area contributed by atoms with Crippen molar-refractivity contribution in [3.63, 3.8) is 0 Å². The van der Waals surface area contributed by atoms with Crippen molar-refractivity contribution in [3.05, 3.63) is 32.6 Å². The molecule has 5 atom stereocenters. The molecule has 2 aliphatic rings. The Balaban J connectivity index is 2.03. The minimum absolute atomic E-state index is 0.0000539. The third-order valence-corrected chi connectivity index (χ3v) is 4.83. The Morgan fingerprint density at radius 3 is 2.89 bits per heavy atom. The van der Waals surface area contributed by atoms with Crippen LogP contribution in [0.5, 0.6) is 0 Å². The van der Waals surface area contributed by atoms with E-state index in [2.05, 4.69) is 16.8 Å². The number of aromatic amines is 1. The van der Waals surface area contributed by atoms with Crippen LogP contribution in [0.1, 0.15) is 11.8 Å². The summed E-state index contributed by atoms with van der Waals surface area (Å²) in [6.45, 7) is 0.621. The molecule has 3 N–H and O–H groups in total. The molecule has 12 heteroatoms. The van der Waals surface area contributed by atoms with Gasteiger partial charge in [-0.25, -0.2) is 4.79 Å². The van der Waals surface area contributed by atoms with Crippen molar-refractivity contribution in [1.29, 1.82) is 0 Å². The number of aromatic nitrogens is 2. The van der Waals surface area contributed by atoms with E-state index in [0.717, 1.165) is 11.2 Å². The van der Waals surface area contributed by atoms with Gasteiger partial charge in [0, 0.05) is 20.0 Å². The Kier molecular flexibility index (Phi) is 5.42. The Morgan fingerprint density at radius 2 is 2.26 bits per heavy atom. The summed E-state index contributed by atoms with van der Waals surface area (Å²) in [6, 6.07) is 0. The average Bonchev–Trinajstić information content (AvgIpc) is 3.04. The molecule has 0 spiro atoms. The van der Waals surface area contributed by atoms with Crippen molar-refractivity contribution in [2.45, 2.75) is 24.0 Å². The normalized spacial score (nSPS) is 31.3. The van der Waals surface area contributed by atoms with Crippen LogP contribution < -0.4 is 11.2 Å². The minimum Gasteiger partial charge on any atom is -0.384 e. The van der Waals surface area contributed by atoms with E-state index in [0.29, 0.717) is 0 Å². The lowest BCUT2D eigenvalue weighted by molar-refractivity contribution is -0.190. The van der Waals surface area contributed by atoms with E-state index >= 15 is 0 Å². The molecule has 0 amide bonds. The van der Waals surface area contributed by atoms with Gasteiger partial charge in [-0.05, 0) is 0 Å². The molecule has 1 aromatic heterocycles. The maximum absolute atomic E-state index is 12.3. The first kappa shape index (κ1) is 20.0. The van der Waals surface area contributed by atoms with E-state index in [1.165, 1.54) is 13.3 Å². The monoisotopic (exact) mass is 402 g/mol. The van der Waals surface area contributed by atoms with Gasteiger partial charge in [0.15, 0.2) is 6.23 Å². The second kappa shape index (κ2) is 7.33. The SMILES string of the molecule is COC[C@]12CO[C@@H](C1OP(C)(=O)O)[C@H](n1cc(C#CCO)c(=O)[nH]c1=O)O2. The van der Waals surface area contributed by atoms with E-state index in [4.69, 9.17) is 23.8 Å². The molecule has 0 radical (unpaired) electrons. The highest BCUT2D eigenvalue weighted by Gasteiger charge is 2.64. The summed E-state index contributed by atoms with van der Waals surface area (Å²) in [4.78, 5) is 35.9. The lowest BCUT2D eigenvalue weighted by Gasteiger charge is -2.31. The van der Waals surface area contributed by atoms with Crippen LogP contribution in [0.2, 0.25) is 0 Å². The Morgan fingerprint density at radius 1 is 1.52 bits per heavy atom. The van der Waals surface area contributed by atoms with Gasteiger partial charge in [-0.3, -0.25) is 23.4 Å². The van der Waals surface area contributed by atoms with E-state index in [1.54, 1.807) is 0 Å². The van der Waals surface area contributed by atoms with Gasteiger partial charge in [-0.15, -0.1) is 0 Å². The van der Waals surface area contributed by atoms with Crippen LogP contribution in [0.3, 0.4) is 0 Å². The summed E-state index contributed by atoms with van der Waals surface area (Å²) in [7, 11) is -2.46. The number of methoxy groups -OCH3 is 1. The fraction of sp³-hybridized carbons (Fsp3) is 0.600. The van der Waals surface area contributed by atoms with Crippen LogP contribution in [0.25, 0.3) is 0 Å². The number of ether oxygens (including phenoxy) is 3. The molecule has 1 aromatic rings. The van der Waals surface area contributed by atoms with Crippen LogP contribution in [-0.4, -0.2) is 71.0 Å². The van der Waals surface area contributed by atoms with Crippen LogP contribution >= 0.6 is 7.60 Å². The van der Waals surface area contributed by atoms with E-state index in [9.17, 15) is 19.0 Å². The van der Waals surface area contributed by atoms with E-state index in [1.807, 2.05) is 0 Å². The predicted octanol–water partition coefficient (Wildman–Crippen LogP) is -1.61. The molecule has 0 saturated carbocycles. The molecular formula is C15H19N2O9P. The first-order chi connectivity index (χ1) is 12.7. The van der Waals surface area contributed by atoms with Gasteiger partial charge in [0.25, 0.3) is 5.56 Å². The number of nitrogens with zero attached hydrogens (tertiary/aromatic N) is 1. The molecule has 2 unspecified atom stereocenters. The second-order valence-corrected chi connectivity index (χ2v) is 8.10. The molecule has 2 saturated heterocycles. The van der Waals surface area contributed by atoms with E-state index < -0.39 is 49.5 Å². The van der Waals surface area contributed by atoms with Crippen molar-refractivity contribution in [3.8, 4) is 11.8 Å². The van der Waals surface area contributed by atoms with Crippen molar-refractivity contribution in [2.75, 3.05) is 33.6 Å². The van der Waals surface area contributed by atoms with Gasteiger partial charge < -0.3 is 24.2 Å². The molecule has 27 heavy (non-hydrogen) atoms. The summed E-state index contributed by atoms with van der Waals surface area (Å²) in [6.07, 6.45) is -1.71. The number of fused-ring (bicyclic) bond motifs is 2. The number of aliphatic hydroxyl groups is 1. The highest BCUT2D eigenvalue weighted by molar-refractivity contribution is 7.51. The molecule has 2 aliphatic heterocycles. The van der Waals surface area contributed by atoms with Gasteiger partial charge in [0.1, 0.15) is 30.0 Å². The van der Waals surface area contributed by atoms with Gasteiger partial charge >= 0.3 is 13.3 Å². The number of nitrogens with one attached hydrogen (secondary N) is 1. The fourth-order valence-electron chi connectivity index (χ4n) is 3.23. The second-order valence-electron chi connectivity index (χ2n) is 6.28. The number of H-pyrrole nitrogens is 1. The first-order valence-corrected chi connectivity index (χ1v) is 9.95. The van der Waals surface area contributed by atoms with Crippen LogP contribution in [-0.2, 0) is 23.3 Å². The van der Waals surface area contributed by atoms with Crippen molar-refractivity contribution in [2.24, 2.45) is 0 Å². The summed E-state index contributed by atoms with van der Waals surface area (Å²) in [5.41, 5.74) is -2.73. The van der Waals surface area contributed by atoms with Crippen molar-refractivity contribution < 1.29 is 33.3 Å². The number of aliphatic hydroxyl groups excluding tert-OH is 1. The summed E-state index contributed by atoms with van der Waals surface area (Å²) >= 11 is 0. The molecule has 0 aliphatic carbocycles. The lowest BCUT2D eigenvalue weighted by Crippen LogP contribution is -2.46. The molecule has 11 nitrogen and oxygen atoms in total. The Labute approximate surface area is 153 Å². The third-order valence-electron chi connectivity index (χ3n) is 4.22. The van der Waals surface area contributed by atoms with Crippen LogP contribution in [0, 0.1) is 11.8 Å². The standard InChI is InChI=1S/C15H19N2O9P/c1-23-7-15-8-24-10(11(15)26-27(2,21)22)13(25-15)17-6-9(4-3-5-18)12(19)16-14(17)20/h6,10-11,13,18H,5,7-8H2,1-2H3,(H,21,22)(H,16,19,20)/t10-,11?,13+,15-/m0/s1. The highest BCUT2D eigenvalue weighted by atomic mass is 31.2. The largest absolute Gasteiger partial charge is 0.384 e. The maximum Gasteiger partial charge on any atom is 0.330 e. The van der Waals surface area contributed by atoms with Crippen molar-refractivity contribution in [1.82, 2.24) is 9.55 Å². The smallest absolute Gasteiger partial charge is 0.330 e. The van der Waals surface area contributed by atoms with E-state index in [-0.39, 0.29) is 18.8 Å². The molecule has 148 valence electrons. The number of hydrogen-bond acceptors (Lipinski definition) is 8. The quantitative estimate of drug-likeness (QED) is 0.391. The van der Waals surface area contributed by atoms with Gasteiger partial charge in [-0.2, -0.15) is 0 Å². The minimum atomic E-state index is -3.89. The fourth-order valence-corrected chi connectivity index (χ4v) is 3.96. The Bertz CT molecular complexity index is 939.